The molecule has 4 rings (SSSR count). The van der Waals surface area contributed by atoms with Crippen molar-refractivity contribution < 1.29 is 37.2 Å². The van der Waals surface area contributed by atoms with Gasteiger partial charge >= 0.3 is 6.18 Å². The highest BCUT2D eigenvalue weighted by molar-refractivity contribution is 6.51. The normalized spacial score (nSPS) is 17.6. The molecule has 178 valence electrons. The van der Waals surface area contributed by atoms with Gasteiger partial charge in [-0.25, -0.2) is 4.39 Å². The molecule has 1 unspecified atom stereocenters. The molecule has 1 saturated heterocycles. The molecule has 11 heteroatoms. The van der Waals surface area contributed by atoms with Crippen LogP contribution >= 0.6 is 0 Å². The molecule has 7 nitrogen and oxygen atoms in total. The third kappa shape index (κ3) is 4.35. The van der Waals surface area contributed by atoms with Gasteiger partial charge in [-0.1, -0.05) is 18.2 Å². The quantitative estimate of drug-likeness (QED) is 0.133. The molecule has 0 saturated carbocycles. The van der Waals surface area contributed by atoms with Crippen molar-refractivity contribution in [2.75, 3.05) is 4.90 Å². The molecule has 0 bridgehead atoms. The second kappa shape index (κ2) is 8.67. The van der Waals surface area contributed by atoms with Gasteiger partial charge in [0.05, 0.1) is 22.1 Å². The maximum atomic E-state index is 13.6. The lowest BCUT2D eigenvalue weighted by Crippen LogP contribution is -2.29. The first-order chi connectivity index (χ1) is 16.5. The third-order valence-electron chi connectivity index (χ3n) is 5.43. The number of hydrogen-bond donors (Lipinski definition) is 1. The highest BCUT2D eigenvalue weighted by Crippen LogP contribution is 2.43. The molecule has 0 spiro atoms. The zero-order chi connectivity index (χ0) is 25.5. The molecule has 35 heavy (non-hydrogen) atoms. The Bertz CT molecular complexity index is 1370. The lowest BCUT2D eigenvalue weighted by molar-refractivity contribution is -0.384. The van der Waals surface area contributed by atoms with Gasteiger partial charge < -0.3 is 5.11 Å². The highest BCUT2D eigenvalue weighted by Gasteiger charge is 2.47. The van der Waals surface area contributed by atoms with Crippen LogP contribution in [-0.4, -0.2) is 21.7 Å². The van der Waals surface area contributed by atoms with Crippen molar-refractivity contribution in [1.29, 1.82) is 0 Å². The van der Waals surface area contributed by atoms with Gasteiger partial charge in [0.25, 0.3) is 17.4 Å². The number of hydrogen-bond acceptors (Lipinski definition) is 5. The molecule has 1 fully saturated rings. The number of benzene rings is 3. The topological polar surface area (TPSA) is 101 Å². The summed E-state index contributed by atoms with van der Waals surface area (Å²) in [6.45, 7) is 0. The molecule has 1 amide bonds. The van der Waals surface area contributed by atoms with E-state index in [9.17, 15) is 42.4 Å². The van der Waals surface area contributed by atoms with E-state index in [-0.39, 0.29) is 22.5 Å². The summed E-state index contributed by atoms with van der Waals surface area (Å²) in [5, 5.41) is 21.8. The summed E-state index contributed by atoms with van der Waals surface area (Å²) in [5.74, 6) is -3.73. The van der Waals surface area contributed by atoms with Gasteiger partial charge in [-0.3, -0.25) is 24.6 Å². The number of rotatable bonds is 4. The van der Waals surface area contributed by atoms with Crippen LogP contribution in [0.4, 0.5) is 28.9 Å². The number of nitrogens with zero attached hydrogens (tertiary/aromatic N) is 2. The van der Waals surface area contributed by atoms with Gasteiger partial charge in [0.1, 0.15) is 11.6 Å². The largest absolute Gasteiger partial charge is 0.507 e. The Morgan fingerprint density at radius 1 is 0.971 bits per heavy atom. The summed E-state index contributed by atoms with van der Waals surface area (Å²) in [5.41, 5.74) is -1.98. The smallest absolute Gasteiger partial charge is 0.416 e. The van der Waals surface area contributed by atoms with Crippen LogP contribution in [0.15, 0.2) is 78.4 Å². The number of amides is 1. The zero-order valence-corrected chi connectivity index (χ0v) is 17.5. The van der Waals surface area contributed by atoms with Crippen LogP contribution in [0.2, 0.25) is 0 Å². The zero-order valence-electron chi connectivity index (χ0n) is 17.5. The maximum absolute atomic E-state index is 13.6. The van der Waals surface area contributed by atoms with E-state index in [2.05, 4.69) is 0 Å². The number of anilines is 1. The minimum Gasteiger partial charge on any atom is -0.507 e. The Balaban J connectivity index is 1.92. The van der Waals surface area contributed by atoms with Crippen LogP contribution in [0, 0.1) is 15.9 Å². The summed E-state index contributed by atoms with van der Waals surface area (Å²) in [7, 11) is 0. The third-order valence-corrected chi connectivity index (χ3v) is 5.43. The first-order valence-corrected chi connectivity index (χ1v) is 9.97. The molecule has 0 aliphatic carbocycles. The molecular weight excluding hydrogens is 472 g/mol. The molecule has 1 atom stereocenters. The van der Waals surface area contributed by atoms with E-state index in [0.717, 1.165) is 53.4 Å². The average molecular weight is 486 g/mol. The fourth-order valence-corrected chi connectivity index (χ4v) is 3.79. The second-order valence-electron chi connectivity index (χ2n) is 7.57. The molecule has 3 aromatic rings. The van der Waals surface area contributed by atoms with Gasteiger partial charge in [-0.05, 0) is 48.0 Å². The van der Waals surface area contributed by atoms with Crippen LogP contribution in [0.1, 0.15) is 22.7 Å². The van der Waals surface area contributed by atoms with E-state index in [0.29, 0.717) is 6.07 Å². The number of carbonyl (C=O) groups is 2. The number of nitro benzene ring substituents is 1. The standard InChI is InChI=1S/C24H14F4N2O5/c25-16-8-4-13(5-9-16)20-19(21(31)14-6-10-17(11-7-14)30(34)35)22(32)23(33)29(20)18-3-1-2-15(12-18)24(26,27)28/h1-12,20,31H/b21-19-. The molecule has 0 radical (unpaired) electrons. The van der Waals surface area contributed by atoms with Crippen molar-refractivity contribution >= 4 is 28.8 Å². The van der Waals surface area contributed by atoms with Crippen molar-refractivity contribution in [3.05, 3.63) is 111 Å². The van der Waals surface area contributed by atoms with E-state index >= 15 is 0 Å². The number of nitro groups is 1. The van der Waals surface area contributed by atoms with Crippen LogP contribution in [0.3, 0.4) is 0 Å². The Morgan fingerprint density at radius 2 is 1.60 bits per heavy atom. The predicted octanol–water partition coefficient (Wildman–Crippen LogP) is 5.38. The minimum atomic E-state index is -4.73. The fourth-order valence-electron chi connectivity index (χ4n) is 3.79. The summed E-state index contributed by atoms with van der Waals surface area (Å²) in [6.07, 6.45) is -4.73. The van der Waals surface area contributed by atoms with Gasteiger partial charge in [0.2, 0.25) is 0 Å². The van der Waals surface area contributed by atoms with Crippen LogP contribution < -0.4 is 4.90 Å². The number of ketones is 1. The number of aliphatic hydroxyl groups excluding tert-OH is 1. The maximum Gasteiger partial charge on any atom is 0.416 e. The Hall–Kier alpha value is -4.54. The fraction of sp³-hybridized carbons (Fsp3) is 0.0833. The van der Waals surface area contributed by atoms with Gasteiger partial charge in [0.15, 0.2) is 0 Å². The lowest BCUT2D eigenvalue weighted by atomic mass is 9.95. The summed E-state index contributed by atoms with van der Waals surface area (Å²) < 4.78 is 53.5. The van der Waals surface area contributed by atoms with E-state index in [1.807, 2.05) is 0 Å². The van der Waals surface area contributed by atoms with E-state index < -0.39 is 51.5 Å². The van der Waals surface area contributed by atoms with Gasteiger partial charge in [-0.2, -0.15) is 13.2 Å². The second-order valence-corrected chi connectivity index (χ2v) is 7.57. The monoisotopic (exact) mass is 486 g/mol. The Kier molecular flexibility index (Phi) is 5.85. The van der Waals surface area contributed by atoms with E-state index in [1.165, 1.54) is 18.2 Å². The predicted molar refractivity (Wildman–Crippen MR) is 116 cm³/mol. The molecule has 0 aromatic heterocycles. The number of carbonyl (C=O) groups excluding carboxylic acids is 2. The van der Waals surface area contributed by atoms with Gasteiger partial charge in [-0.15, -0.1) is 0 Å². The van der Waals surface area contributed by atoms with E-state index in [4.69, 9.17) is 0 Å². The molecule has 1 heterocycles. The molecule has 1 N–H and O–H groups in total. The molecular formula is C24H14F4N2O5. The summed E-state index contributed by atoms with van der Waals surface area (Å²) in [4.78, 5) is 37.0. The number of alkyl halides is 3. The van der Waals surface area contributed by atoms with Crippen molar-refractivity contribution in [3.8, 4) is 0 Å². The van der Waals surface area contributed by atoms with Crippen LogP contribution in [-0.2, 0) is 15.8 Å². The molecule has 1 aliphatic heterocycles. The average Bonchev–Trinajstić information content (AvgIpc) is 3.09. The SMILES string of the molecule is O=C1C(=O)N(c2cccc(C(F)(F)F)c2)C(c2ccc(F)cc2)/C1=C(/O)c1ccc([N+](=O)[O-])cc1. The Morgan fingerprint density at radius 3 is 2.17 bits per heavy atom. The van der Waals surface area contributed by atoms with Gasteiger partial charge in [0, 0.05) is 23.4 Å². The summed E-state index contributed by atoms with van der Waals surface area (Å²) in [6, 6.07) is 11.4. The van der Waals surface area contributed by atoms with Crippen molar-refractivity contribution in [2.45, 2.75) is 12.2 Å². The summed E-state index contributed by atoms with van der Waals surface area (Å²) >= 11 is 0. The molecule has 3 aromatic carbocycles. The van der Waals surface area contributed by atoms with Crippen LogP contribution in [0.25, 0.3) is 5.76 Å². The first kappa shape index (κ1) is 23.6. The van der Waals surface area contributed by atoms with Crippen molar-refractivity contribution in [2.24, 2.45) is 0 Å². The Labute approximate surface area is 194 Å². The van der Waals surface area contributed by atoms with Crippen molar-refractivity contribution in [3.63, 3.8) is 0 Å². The number of non-ortho nitro benzene ring substituents is 1. The number of aliphatic hydroxyl groups is 1. The van der Waals surface area contributed by atoms with Crippen LogP contribution in [0.5, 0.6) is 0 Å². The van der Waals surface area contributed by atoms with E-state index in [1.54, 1.807) is 0 Å². The number of halogens is 4. The first-order valence-electron chi connectivity index (χ1n) is 9.97. The molecule has 1 aliphatic rings. The minimum absolute atomic E-state index is 0.0373. The van der Waals surface area contributed by atoms with Crippen molar-refractivity contribution in [1.82, 2.24) is 0 Å². The number of Topliss-reactive ketones (excluding diaryl/α,β-unsaturated/α-hetero) is 1. The lowest BCUT2D eigenvalue weighted by Gasteiger charge is -2.26. The highest BCUT2D eigenvalue weighted by atomic mass is 19.4.